The van der Waals surface area contributed by atoms with Crippen LogP contribution in [0.4, 0.5) is 4.39 Å². The Hall–Kier alpha value is -0.540. The molecule has 1 aromatic rings. The van der Waals surface area contributed by atoms with E-state index in [4.69, 9.17) is 0 Å². The van der Waals surface area contributed by atoms with Crippen molar-refractivity contribution in [3.05, 3.63) is 29.6 Å². The van der Waals surface area contributed by atoms with Gasteiger partial charge in [-0.05, 0) is 30.2 Å². The highest BCUT2D eigenvalue weighted by molar-refractivity contribution is 7.99. The average Bonchev–Trinajstić information content (AvgIpc) is 2.24. The van der Waals surface area contributed by atoms with Gasteiger partial charge in [0.2, 0.25) is 0 Å². The van der Waals surface area contributed by atoms with Crippen molar-refractivity contribution in [3.63, 3.8) is 0 Å². The average molecular weight is 241 g/mol. The molecule has 0 saturated carbocycles. The van der Waals surface area contributed by atoms with Gasteiger partial charge < -0.3 is 5.32 Å². The topological polar surface area (TPSA) is 12.0 Å². The first kappa shape index (κ1) is 13.5. The summed E-state index contributed by atoms with van der Waals surface area (Å²) in [5.41, 5.74) is 1.01. The third kappa shape index (κ3) is 4.54. The molecule has 1 aromatic carbocycles. The van der Waals surface area contributed by atoms with E-state index in [0.717, 1.165) is 29.3 Å². The second-order valence-electron chi connectivity index (χ2n) is 4.25. The van der Waals surface area contributed by atoms with Crippen molar-refractivity contribution < 1.29 is 4.39 Å². The zero-order valence-electron chi connectivity index (χ0n) is 10.2. The fourth-order valence-electron chi connectivity index (χ4n) is 1.30. The first-order valence-corrected chi connectivity index (χ1v) is 6.74. The van der Waals surface area contributed by atoms with E-state index < -0.39 is 0 Å². The summed E-state index contributed by atoms with van der Waals surface area (Å²) in [6.07, 6.45) is 0. The summed E-state index contributed by atoms with van der Waals surface area (Å²) in [5.74, 6) is 1.45. The molecule has 0 unspecified atom stereocenters. The summed E-state index contributed by atoms with van der Waals surface area (Å²) in [4.78, 5) is 0.758. The number of hydrogen-bond acceptors (Lipinski definition) is 2. The standard InChI is InChI=1S/C13H20FNS/c1-4-15-8-11-5-6-13(12(14)7-11)16-9-10(2)3/h5-7,10,15H,4,8-9H2,1-3H3. The lowest BCUT2D eigenvalue weighted by Crippen LogP contribution is -2.11. The fraction of sp³-hybridized carbons (Fsp3) is 0.538. The Balaban J connectivity index is 2.60. The van der Waals surface area contributed by atoms with Gasteiger partial charge in [-0.15, -0.1) is 11.8 Å². The van der Waals surface area contributed by atoms with Crippen LogP contribution in [0, 0.1) is 11.7 Å². The Bertz CT molecular complexity index is 326. The second-order valence-corrected chi connectivity index (χ2v) is 5.31. The van der Waals surface area contributed by atoms with Crippen molar-refractivity contribution in [2.75, 3.05) is 12.3 Å². The molecule has 0 spiro atoms. The third-order valence-corrected chi connectivity index (χ3v) is 3.62. The lowest BCUT2D eigenvalue weighted by atomic mass is 10.2. The van der Waals surface area contributed by atoms with E-state index in [1.807, 2.05) is 19.1 Å². The molecule has 0 atom stereocenters. The highest BCUT2D eigenvalue weighted by Gasteiger charge is 2.05. The van der Waals surface area contributed by atoms with Crippen molar-refractivity contribution in [1.29, 1.82) is 0 Å². The molecular weight excluding hydrogens is 221 g/mol. The number of halogens is 1. The molecule has 16 heavy (non-hydrogen) atoms. The van der Waals surface area contributed by atoms with E-state index in [2.05, 4.69) is 19.2 Å². The molecule has 0 aromatic heterocycles. The van der Waals surface area contributed by atoms with Crippen molar-refractivity contribution in [1.82, 2.24) is 5.32 Å². The van der Waals surface area contributed by atoms with Gasteiger partial charge in [0.1, 0.15) is 5.82 Å². The summed E-state index contributed by atoms with van der Waals surface area (Å²) in [5, 5.41) is 3.19. The zero-order chi connectivity index (χ0) is 12.0. The molecule has 0 fully saturated rings. The van der Waals surface area contributed by atoms with Gasteiger partial charge >= 0.3 is 0 Å². The maximum absolute atomic E-state index is 13.7. The SMILES string of the molecule is CCNCc1ccc(SCC(C)C)c(F)c1. The van der Waals surface area contributed by atoms with E-state index in [1.165, 1.54) is 0 Å². The van der Waals surface area contributed by atoms with E-state index in [-0.39, 0.29) is 5.82 Å². The Morgan fingerprint density at radius 3 is 2.69 bits per heavy atom. The van der Waals surface area contributed by atoms with Crippen molar-refractivity contribution in [2.45, 2.75) is 32.2 Å². The van der Waals surface area contributed by atoms with Crippen LogP contribution < -0.4 is 5.32 Å². The van der Waals surface area contributed by atoms with E-state index in [0.29, 0.717) is 5.92 Å². The minimum atomic E-state index is -0.0962. The zero-order valence-corrected chi connectivity index (χ0v) is 11.0. The molecule has 0 saturated heterocycles. The fourth-order valence-corrected chi connectivity index (χ4v) is 2.17. The molecule has 1 N–H and O–H groups in total. The first-order chi connectivity index (χ1) is 7.63. The summed E-state index contributed by atoms with van der Waals surface area (Å²) >= 11 is 1.59. The monoisotopic (exact) mass is 241 g/mol. The number of hydrogen-bond donors (Lipinski definition) is 1. The van der Waals surface area contributed by atoms with Gasteiger partial charge in [-0.3, -0.25) is 0 Å². The maximum Gasteiger partial charge on any atom is 0.137 e. The molecule has 0 bridgehead atoms. The third-order valence-electron chi connectivity index (χ3n) is 2.15. The lowest BCUT2D eigenvalue weighted by molar-refractivity contribution is 0.596. The Kier molecular flexibility index (Phi) is 5.85. The normalized spacial score (nSPS) is 11.1. The van der Waals surface area contributed by atoms with Crippen LogP contribution in [0.1, 0.15) is 26.3 Å². The smallest absolute Gasteiger partial charge is 0.137 e. The van der Waals surface area contributed by atoms with Crippen molar-refractivity contribution in [2.24, 2.45) is 5.92 Å². The maximum atomic E-state index is 13.7. The van der Waals surface area contributed by atoms with Crippen molar-refractivity contribution in [3.8, 4) is 0 Å². The van der Waals surface area contributed by atoms with Gasteiger partial charge in [0.15, 0.2) is 0 Å². The van der Waals surface area contributed by atoms with Crippen LogP contribution in [0.2, 0.25) is 0 Å². The Labute approximate surface area is 102 Å². The summed E-state index contributed by atoms with van der Waals surface area (Å²) in [6.45, 7) is 7.98. The lowest BCUT2D eigenvalue weighted by Gasteiger charge is -2.08. The largest absolute Gasteiger partial charge is 0.313 e. The molecule has 0 aliphatic heterocycles. The summed E-state index contributed by atoms with van der Waals surface area (Å²) in [7, 11) is 0. The van der Waals surface area contributed by atoms with E-state index in [1.54, 1.807) is 17.8 Å². The van der Waals surface area contributed by atoms with Crippen LogP contribution in [0.15, 0.2) is 23.1 Å². The highest BCUT2D eigenvalue weighted by Crippen LogP contribution is 2.24. The minimum Gasteiger partial charge on any atom is -0.313 e. The number of thioether (sulfide) groups is 1. The van der Waals surface area contributed by atoms with Crippen LogP contribution in [0.5, 0.6) is 0 Å². The van der Waals surface area contributed by atoms with Gasteiger partial charge in [-0.25, -0.2) is 4.39 Å². The predicted octanol–water partition coefficient (Wildman–Crippen LogP) is 3.68. The molecule has 0 radical (unpaired) electrons. The van der Waals surface area contributed by atoms with Crippen LogP contribution >= 0.6 is 11.8 Å². The molecule has 1 rings (SSSR count). The van der Waals surface area contributed by atoms with Crippen molar-refractivity contribution >= 4 is 11.8 Å². The number of benzene rings is 1. The summed E-state index contributed by atoms with van der Waals surface area (Å²) < 4.78 is 13.7. The number of rotatable bonds is 6. The van der Waals surface area contributed by atoms with Gasteiger partial charge in [-0.1, -0.05) is 26.8 Å². The van der Waals surface area contributed by atoms with Gasteiger partial charge in [-0.2, -0.15) is 0 Å². The first-order valence-electron chi connectivity index (χ1n) is 5.75. The quantitative estimate of drug-likeness (QED) is 0.762. The molecule has 90 valence electrons. The van der Waals surface area contributed by atoms with Crippen LogP contribution in [0.3, 0.4) is 0 Å². The second kappa shape index (κ2) is 6.92. The molecule has 0 amide bonds. The van der Waals surface area contributed by atoms with Crippen LogP contribution in [-0.4, -0.2) is 12.3 Å². The predicted molar refractivity (Wildman–Crippen MR) is 69.3 cm³/mol. The number of nitrogens with one attached hydrogen (secondary N) is 1. The van der Waals surface area contributed by atoms with Crippen LogP contribution in [0.25, 0.3) is 0 Å². The molecule has 1 nitrogen and oxygen atoms in total. The molecule has 0 heterocycles. The molecule has 3 heteroatoms. The molecular formula is C13H20FNS. The summed E-state index contributed by atoms with van der Waals surface area (Å²) in [6, 6.07) is 5.51. The van der Waals surface area contributed by atoms with Gasteiger partial charge in [0.25, 0.3) is 0 Å². The van der Waals surface area contributed by atoms with E-state index in [9.17, 15) is 4.39 Å². The van der Waals surface area contributed by atoms with Crippen LogP contribution in [-0.2, 0) is 6.54 Å². The highest BCUT2D eigenvalue weighted by atomic mass is 32.2. The molecule has 0 aliphatic rings. The van der Waals surface area contributed by atoms with E-state index >= 15 is 0 Å². The minimum absolute atomic E-state index is 0.0962. The Morgan fingerprint density at radius 1 is 1.38 bits per heavy atom. The van der Waals surface area contributed by atoms with Gasteiger partial charge in [0, 0.05) is 17.2 Å². The van der Waals surface area contributed by atoms with Gasteiger partial charge in [0.05, 0.1) is 0 Å². The Morgan fingerprint density at radius 2 is 2.12 bits per heavy atom. The molecule has 0 aliphatic carbocycles.